The Balaban J connectivity index is 2.00. The molecule has 0 unspecified atom stereocenters. The Morgan fingerprint density at radius 1 is 1.45 bits per heavy atom. The van der Waals surface area contributed by atoms with Crippen LogP contribution in [0.1, 0.15) is 30.5 Å². The fourth-order valence-electron chi connectivity index (χ4n) is 2.32. The number of aliphatic imine (C=N–C) groups is 1. The van der Waals surface area contributed by atoms with E-state index in [2.05, 4.69) is 16.4 Å². The molecule has 0 fully saturated rings. The van der Waals surface area contributed by atoms with Gasteiger partial charge in [-0.2, -0.15) is 0 Å². The van der Waals surface area contributed by atoms with Crippen molar-refractivity contribution in [2.75, 3.05) is 11.9 Å². The Hall–Kier alpha value is -2.30. The Morgan fingerprint density at radius 2 is 2.30 bits per heavy atom. The predicted molar refractivity (Wildman–Crippen MR) is 77.5 cm³/mol. The quantitative estimate of drug-likeness (QED) is 0.664. The van der Waals surface area contributed by atoms with E-state index < -0.39 is 6.16 Å². The third-order valence-electron chi connectivity index (χ3n) is 3.13. The molecule has 0 bridgehead atoms. The maximum absolute atomic E-state index is 11.8. The van der Waals surface area contributed by atoms with E-state index in [1.54, 1.807) is 20.1 Å². The van der Waals surface area contributed by atoms with Crippen molar-refractivity contribution >= 4 is 24.1 Å². The number of hydrogen-bond acceptors (Lipinski definition) is 5. The van der Waals surface area contributed by atoms with Gasteiger partial charge in [0, 0.05) is 23.9 Å². The average molecular weight is 272 g/mol. The SMILES string of the molecule is CC(C)OC(=O)Oc1c2c(cc3c1NCC=C3)CN=C2. The summed E-state index contributed by atoms with van der Waals surface area (Å²) in [4.78, 5) is 16.0. The van der Waals surface area contributed by atoms with Crippen LogP contribution < -0.4 is 10.1 Å². The molecular formula is C15H16N2O3. The summed E-state index contributed by atoms with van der Waals surface area (Å²) in [6.07, 6.45) is 4.89. The van der Waals surface area contributed by atoms with E-state index in [-0.39, 0.29) is 6.10 Å². The first-order chi connectivity index (χ1) is 9.65. The molecule has 104 valence electrons. The first kappa shape index (κ1) is 12.7. The number of carbonyl (C=O) groups excluding carboxylic acids is 1. The van der Waals surface area contributed by atoms with Gasteiger partial charge in [0.05, 0.1) is 18.3 Å². The zero-order valence-electron chi connectivity index (χ0n) is 11.5. The van der Waals surface area contributed by atoms with Crippen LogP contribution in [0.2, 0.25) is 0 Å². The molecule has 0 atom stereocenters. The molecule has 1 aromatic rings. The molecule has 20 heavy (non-hydrogen) atoms. The van der Waals surface area contributed by atoms with E-state index in [9.17, 15) is 4.79 Å². The van der Waals surface area contributed by atoms with E-state index in [1.807, 2.05) is 12.2 Å². The normalized spacial score (nSPS) is 14.8. The van der Waals surface area contributed by atoms with Gasteiger partial charge in [0.2, 0.25) is 0 Å². The molecule has 3 rings (SSSR count). The average Bonchev–Trinajstić information content (AvgIpc) is 2.85. The third kappa shape index (κ3) is 2.27. The van der Waals surface area contributed by atoms with Crippen molar-refractivity contribution in [2.24, 2.45) is 4.99 Å². The molecule has 5 nitrogen and oxygen atoms in total. The number of nitrogens with one attached hydrogen (secondary N) is 1. The standard InChI is InChI=1S/C15H16N2O3/c1-9(2)19-15(18)20-14-12-8-16-7-11(12)6-10-4-3-5-17-13(10)14/h3-4,6,8-9,17H,5,7H2,1-2H3. The van der Waals surface area contributed by atoms with Gasteiger partial charge in [0.25, 0.3) is 0 Å². The van der Waals surface area contributed by atoms with Crippen molar-refractivity contribution in [3.8, 4) is 5.75 Å². The lowest BCUT2D eigenvalue weighted by Crippen LogP contribution is -2.18. The number of fused-ring (bicyclic) bond motifs is 2. The first-order valence-corrected chi connectivity index (χ1v) is 6.63. The molecule has 0 aromatic heterocycles. The minimum Gasteiger partial charge on any atom is -0.431 e. The summed E-state index contributed by atoms with van der Waals surface area (Å²) >= 11 is 0. The van der Waals surface area contributed by atoms with Crippen LogP contribution in [0.4, 0.5) is 10.5 Å². The molecule has 0 radical (unpaired) electrons. The largest absolute Gasteiger partial charge is 0.514 e. The van der Waals surface area contributed by atoms with Gasteiger partial charge in [-0.1, -0.05) is 12.2 Å². The van der Waals surface area contributed by atoms with Gasteiger partial charge in [0.1, 0.15) is 0 Å². The summed E-state index contributed by atoms with van der Waals surface area (Å²) < 4.78 is 10.5. The Kier molecular flexibility index (Phi) is 3.18. The molecule has 1 aromatic carbocycles. The van der Waals surface area contributed by atoms with Crippen molar-refractivity contribution in [2.45, 2.75) is 26.5 Å². The zero-order chi connectivity index (χ0) is 14.1. The summed E-state index contributed by atoms with van der Waals surface area (Å²) in [7, 11) is 0. The number of ether oxygens (including phenoxy) is 2. The lowest BCUT2D eigenvalue weighted by molar-refractivity contribution is 0.0730. The molecule has 0 aliphatic carbocycles. The van der Waals surface area contributed by atoms with E-state index in [0.717, 1.165) is 22.4 Å². The van der Waals surface area contributed by atoms with Gasteiger partial charge in [-0.3, -0.25) is 4.99 Å². The second-order valence-electron chi connectivity index (χ2n) is 5.01. The van der Waals surface area contributed by atoms with Crippen LogP contribution in [0.5, 0.6) is 5.75 Å². The Bertz CT molecular complexity index is 618. The van der Waals surface area contributed by atoms with Crippen molar-refractivity contribution < 1.29 is 14.3 Å². The summed E-state index contributed by atoms with van der Waals surface area (Å²) in [6, 6.07) is 2.07. The fourth-order valence-corrected chi connectivity index (χ4v) is 2.32. The van der Waals surface area contributed by atoms with Gasteiger partial charge in [0.15, 0.2) is 5.75 Å². The lowest BCUT2D eigenvalue weighted by Gasteiger charge is -2.20. The van der Waals surface area contributed by atoms with Crippen molar-refractivity contribution in [3.05, 3.63) is 28.8 Å². The van der Waals surface area contributed by atoms with Crippen LogP contribution in [0.25, 0.3) is 6.08 Å². The Morgan fingerprint density at radius 3 is 3.10 bits per heavy atom. The monoisotopic (exact) mass is 272 g/mol. The second kappa shape index (κ2) is 5.00. The van der Waals surface area contributed by atoms with Gasteiger partial charge in [-0.05, 0) is 25.5 Å². The molecule has 0 amide bonds. The van der Waals surface area contributed by atoms with Crippen LogP contribution in [0.15, 0.2) is 17.1 Å². The minimum absolute atomic E-state index is 0.211. The van der Waals surface area contributed by atoms with Crippen LogP contribution in [-0.4, -0.2) is 25.0 Å². The summed E-state index contributed by atoms with van der Waals surface area (Å²) in [5.74, 6) is 0.508. The highest BCUT2D eigenvalue weighted by Crippen LogP contribution is 2.39. The molecule has 2 heterocycles. The Labute approximate surface area is 117 Å². The number of rotatable bonds is 2. The smallest absolute Gasteiger partial charge is 0.431 e. The van der Waals surface area contributed by atoms with E-state index in [0.29, 0.717) is 18.8 Å². The number of benzene rings is 1. The lowest BCUT2D eigenvalue weighted by atomic mass is 10.0. The van der Waals surface area contributed by atoms with E-state index >= 15 is 0 Å². The highest BCUT2D eigenvalue weighted by molar-refractivity contribution is 5.95. The molecule has 2 aliphatic rings. The van der Waals surface area contributed by atoms with Gasteiger partial charge in [-0.15, -0.1) is 0 Å². The summed E-state index contributed by atoms with van der Waals surface area (Å²) in [6.45, 7) is 4.90. The van der Waals surface area contributed by atoms with Crippen LogP contribution in [0, 0.1) is 0 Å². The molecule has 0 saturated heterocycles. The highest BCUT2D eigenvalue weighted by atomic mass is 16.7. The molecule has 1 N–H and O–H groups in total. The topological polar surface area (TPSA) is 59.9 Å². The number of nitrogens with zero attached hydrogens (tertiary/aromatic N) is 1. The van der Waals surface area contributed by atoms with Gasteiger partial charge >= 0.3 is 6.16 Å². The molecular weight excluding hydrogens is 256 g/mol. The summed E-state index contributed by atoms with van der Waals surface area (Å²) in [5, 5.41) is 3.24. The van der Waals surface area contributed by atoms with Crippen molar-refractivity contribution in [3.63, 3.8) is 0 Å². The maximum atomic E-state index is 11.8. The molecule has 0 saturated carbocycles. The highest BCUT2D eigenvalue weighted by Gasteiger charge is 2.23. The molecule has 2 aliphatic heterocycles. The van der Waals surface area contributed by atoms with Gasteiger partial charge < -0.3 is 14.8 Å². The predicted octanol–water partition coefficient (Wildman–Crippen LogP) is 2.98. The number of hydrogen-bond donors (Lipinski definition) is 1. The van der Waals surface area contributed by atoms with Crippen molar-refractivity contribution in [1.82, 2.24) is 0 Å². The van der Waals surface area contributed by atoms with E-state index in [4.69, 9.17) is 9.47 Å². The van der Waals surface area contributed by atoms with Crippen LogP contribution in [0.3, 0.4) is 0 Å². The maximum Gasteiger partial charge on any atom is 0.514 e. The van der Waals surface area contributed by atoms with Crippen LogP contribution >= 0.6 is 0 Å². The minimum atomic E-state index is -0.688. The molecule has 5 heteroatoms. The second-order valence-corrected chi connectivity index (χ2v) is 5.01. The van der Waals surface area contributed by atoms with Crippen molar-refractivity contribution in [1.29, 1.82) is 0 Å². The van der Waals surface area contributed by atoms with Gasteiger partial charge in [-0.25, -0.2) is 4.79 Å². The zero-order valence-corrected chi connectivity index (χ0v) is 11.5. The number of carbonyl (C=O) groups is 1. The van der Waals surface area contributed by atoms with E-state index in [1.165, 1.54) is 0 Å². The third-order valence-corrected chi connectivity index (χ3v) is 3.13. The van der Waals surface area contributed by atoms with Crippen LogP contribution in [-0.2, 0) is 11.3 Å². The summed E-state index contributed by atoms with van der Waals surface area (Å²) in [5.41, 5.74) is 3.74. The fraction of sp³-hybridized carbons (Fsp3) is 0.333. The first-order valence-electron chi connectivity index (χ1n) is 6.63. The molecule has 0 spiro atoms. The number of anilines is 1.